The zero-order chi connectivity index (χ0) is 13.8. The maximum absolute atomic E-state index is 11.4. The van der Waals surface area contributed by atoms with Gasteiger partial charge in [-0.05, 0) is 35.0 Å². The van der Waals surface area contributed by atoms with Crippen LogP contribution < -0.4 is 4.74 Å². The summed E-state index contributed by atoms with van der Waals surface area (Å²) in [7, 11) is 1.28. The molecule has 1 aromatic heterocycles. The zero-order valence-corrected chi connectivity index (χ0v) is 12.0. The molecule has 5 nitrogen and oxygen atoms in total. The second kappa shape index (κ2) is 5.79. The number of esters is 1. The lowest BCUT2D eigenvalue weighted by molar-refractivity contribution is 0.0585. The molecule has 0 unspecified atom stereocenters. The van der Waals surface area contributed by atoms with Crippen LogP contribution >= 0.6 is 15.9 Å². The fourth-order valence-corrected chi connectivity index (χ4v) is 1.78. The molecule has 19 heavy (non-hydrogen) atoms. The van der Waals surface area contributed by atoms with E-state index in [0.717, 1.165) is 4.47 Å². The molecule has 0 amide bonds. The fourth-order valence-electron chi connectivity index (χ4n) is 1.41. The zero-order valence-electron chi connectivity index (χ0n) is 10.4. The number of aryl methyl sites for hydroxylation is 1. The van der Waals surface area contributed by atoms with Gasteiger partial charge < -0.3 is 9.47 Å². The van der Waals surface area contributed by atoms with Crippen LogP contribution in [0.15, 0.2) is 34.8 Å². The molecule has 2 aromatic rings. The predicted octanol–water partition coefficient (Wildman–Crippen LogP) is 3.13. The molecule has 0 spiro atoms. The Morgan fingerprint density at radius 1 is 1.26 bits per heavy atom. The number of hydrogen-bond donors (Lipinski definition) is 0. The fraction of sp³-hybridized carbons (Fsp3) is 0.154. The van der Waals surface area contributed by atoms with E-state index >= 15 is 0 Å². The van der Waals surface area contributed by atoms with Crippen molar-refractivity contribution in [1.29, 1.82) is 0 Å². The van der Waals surface area contributed by atoms with Crippen molar-refractivity contribution in [3.8, 4) is 11.6 Å². The first kappa shape index (κ1) is 13.5. The third-order valence-corrected chi connectivity index (χ3v) is 2.90. The first-order valence-electron chi connectivity index (χ1n) is 5.46. The number of hydrogen-bond acceptors (Lipinski definition) is 5. The second-order valence-corrected chi connectivity index (χ2v) is 4.55. The minimum atomic E-state index is -0.597. The Bertz CT molecular complexity index is 617. The Hall–Kier alpha value is -1.95. The van der Waals surface area contributed by atoms with E-state index in [1.54, 1.807) is 19.1 Å². The van der Waals surface area contributed by atoms with Crippen molar-refractivity contribution in [2.75, 3.05) is 7.11 Å². The van der Waals surface area contributed by atoms with Gasteiger partial charge in [0.1, 0.15) is 5.75 Å². The lowest BCUT2D eigenvalue weighted by Gasteiger charge is -2.08. The average molecular weight is 323 g/mol. The van der Waals surface area contributed by atoms with E-state index in [1.807, 2.05) is 18.2 Å². The van der Waals surface area contributed by atoms with Gasteiger partial charge in [-0.1, -0.05) is 12.1 Å². The number of methoxy groups -OCH3 is 1. The summed E-state index contributed by atoms with van der Waals surface area (Å²) in [5.41, 5.74) is 0.623. The normalized spacial score (nSPS) is 10.1. The highest BCUT2D eigenvalue weighted by Crippen LogP contribution is 2.28. The average Bonchev–Trinajstić information content (AvgIpc) is 2.40. The topological polar surface area (TPSA) is 61.3 Å². The number of nitrogens with zero attached hydrogens (tertiary/aromatic N) is 2. The third kappa shape index (κ3) is 3.29. The molecule has 0 saturated heterocycles. The van der Waals surface area contributed by atoms with Gasteiger partial charge in [0.15, 0.2) is 0 Å². The molecule has 0 fully saturated rings. The molecule has 0 atom stereocenters. The molecule has 0 saturated carbocycles. The van der Waals surface area contributed by atoms with Crippen LogP contribution in [-0.2, 0) is 4.74 Å². The van der Waals surface area contributed by atoms with Crippen molar-refractivity contribution >= 4 is 21.9 Å². The number of carbonyl (C=O) groups excluding carboxylic acids is 1. The molecule has 0 aliphatic carbocycles. The van der Waals surface area contributed by atoms with Gasteiger partial charge in [0.05, 0.1) is 11.6 Å². The van der Waals surface area contributed by atoms with Gasteiger partial charge >= 0.3 is 5.97 Å². The molecule has 1 aromatic carbocycles. The van der Waals surface area contributed by atoms with Gasteiger partial charge in [-0.3, -0.25) is 0 Å². The van der Waals surface area contributed by atoms with E-state index in [0.29, 0.717) is 17.3 Å². The van der Waals surface area contributed by atoms with Crippen molar-refractivity contribution in [1.82, 2.24) is 9.97 Å². The van der Waals surface area contributed by atoms with E-state index in [-0.39, 0.29) is 5.82 Å². The van der Waals surface area contributed by atoms with Crippen LogP contribution in [0.1, 0.15) is 16.3 Å². The van der Waals surface area contributed by atoms with Crippen molar-refractivity contribution in [2.45, 2.75) is 6.92 Å². The summed E-state index contributed by atoms with van der Waals surface area (Å²) in [4.78, 5) is 19.4. The Balaban J connectivity index is 2.33. The van der Waals surface area contributed by atoms with Crippen LogP contribution in [0.3, 0.4) is 0 Å². The van der Waals surface area contributed by atoms with Crippen LogP contribution in [0, 0.1) is 6.92 Å². The summed E-state index contributed by atoms with van der Waals surface area (Å²) in [6, 6.07) is 9.01. The number of rotatable bonds is 3. The lowest BCUT2D eigenvalue weighted by atomic mass is 10.3. The summed E-state index contributed by atoms with van der Waals surface area (Å²) in [5, 5.41) is 0. The molecule has 0 bridgehead atoms. The van der Waals surface area contributed by atoms with Crippen LogP contribution in [0.25, 0.3) is 0 Å². The molecule has 6 heteroatoms. The van der Waals surface area contributed by atoms with Gasteiger partial charge in [-0.15, -0.1) is 0 Å². The highest BCUT2D eigenvalue weighted by Gasteiger charge is 2.13. The maximum atomic E-state index is 11.4. The summed E-state index contributed by atoms with van der Waals surface area (Å²) >= 11 is 3.37. The number of ether oxygens (including phenoxy) is 2. The highest BCUT2D eigenvalue weighted by molar-refractivity contribution is 9.10. The minimum Gasteiger partial charge on any atom is -0.463 e. The quantitative estimate of drug-likeness (QED) is 0.812. The van der Waals surface area contributed by atoms with Crippen molar-refractivity contribution in [2.24, 2.45) is 0 Å². The smallest absolute Gasteiger partial charge is 0.376 e. The Morgan fingerprint density at radius 3 is 2.68 bits per heavy atom. The second-order valence-electron chi connectivity index (χ2n) is 3.70. The van der Waals surface area contributed by atoms with Crippen molar-refractivity contribution in [3.05, 3.63) is 46.3 Å². The van der Waals surface area contributed by atoms with E-state index in [4.69, 9.17) is 4.74 Å². The summed E-state index contributed by atoms with van der Waals surface area (Å²) in [5.74, 6) is 0.279. The van der Waals surface area contributed by atoms with Crippen LogP contribution in [-0.4, -0.2) is 23.0 Å². The van der Waals surface area contributed by atoms with E-state index in [1.165, 1.54) is 7.11 Å². The first-order chi connectivity index (χ1) is 9.10. The minimum absolute atomic E-state index is 0.0236. The molecular weight excluding hydrogens is 312 g/mol. The molecule has 0 radical (unpaired) electrons. The Morgan fingerprint density at radius 2 is 2.00 bits per heavy atom. The Kier molecular flexibility index (Phi) is 4.11. The Labute approximate surface area is 118 Å². The van der Waals surface area contributed by atoms with Crippen LogP contribution in [0.5, 0.6) is 11.6 Å². The molecule has 2 rings (SSSR count). The standard InChI is InChI=1S/C13H11BrN2O3/c1-8-7-11(16-12(15-8)13(17)18-2)19-10-6-4-3-5-9(10)14/h3-7H,1-2H3. The molecule has 0 aliphatic rings. The maximum Gasteiger partial charge on any atom is 0.376 e. The van der Waals surface area contributed by atoms with Gasteiger partial charge in [0, 0.05) is 11.8 Å². The van der Waals surface area contributed by atoms with E-state index < -0.39 is 5.97 Å². The van der Waals surface area contributed by atoms with Gasteiger partial charge in [0.2, 0.25) is 11.7 Å². The summed E-state index contributed by atoms with van der Waals surface area (Å²) in [6.07, 6.45) is 0. The van der Waals surface area contributed by atoms with E-state index in [2.05, 4.69) is 30.6 Å². The highest BCUT2D eigenvalue weighted by atomic mass is 79.9. The van der Waals surface area contributed by atoms with Gasteiger partial charge in [-0.25, -0.2) is 9.78 Å². The molecule has 1 heterocycles. The molecular formula is C13H11BrN2O3. The van der Waals surface area contributed by atoms with Gasteiger partial charge in [0.25, 0.3) is 0 Å². The number of para-hydroxylation sites is 1. The van der Waals surface area contributed by atoms with Crippen LogP contribution in [0.2, 0.25) is 0 Å². The number of benzene rings is 1. The van der Waals surface area contributed by atoms with Crippen molar-refractivity contribution < 1.29 is 14.3 Å². The number of carbonyl (C=O) groups is 1. The molecule has 0 N–H and O–H groups in total. The summed E-state index contributed by atoms with van der Waals surface area (Å²) < 4.78 is 11.0. The molecule has 98 valence electrons. The van der Waals surface area contributed by atoms with Crippen LogP contribution in [0.4, 0.5) is 0 Å². The molecule has 0 aliphatic heterocycles. The third-order valence-electron chi connectivity index (χ3n) is 2.25. The number of halogens is 1. The van der Waals surface area contributed by atoms with E-state index in [9.17, 15) is 4.79 Å². The predicted molar refractivity (Wildman–Crippen MR) is 72.3 cm³/mol. The number of aromatic nitrogens is 2. The first-order valence-corrected chi connectivity index (χ1v) is 6.26. The monoisotopic (exact) mass is 322 g/mol. The largest absolute Gasteiger partial charge is 0.463 e. The lowest BCUT2D eigenvalue weighted by Crippen LogP contribution is -2.09. The SMILES string of the molecule is COC(=O)c1nc(C)cc(Oc2ccccc2Br)n1. The van der Waals surface area contributed by atoms with Gasteiger partial charge in [-0.2, -0.15) is 4.98 Å². The van der Waals surface area contributed by atoms with Crippen molar-refractivity contribution in [3.63, 3.8) is 0 Å². The summed E-state index contributed by atoms with van der Waals surface area (Å²) in [6.45, 7) is 1.75.